The van der Waals surface area contributed by atoms with E-state index in [9.17, 15) is 4.79 Å². The molecular formula is C16H18ClN3O2. The Morgan fingerprint density at radius 1 is 1.23 bits per heavy atom. The predicted molar refractivity (Wildman–Crippen MR) is 86.6 cm³/mol. The van der Waals surface area contributed by atoms with Gasteiger partial charge in [-0.25, -0.2) is 9.97 Å². The molecule has 0 bridgehead atoms. The molecule has 1 aromatic carbocycles. The minimum absolute atomic E-state index is 0.229. The molecule has 22 heavy (non-hydrogen) atoms. The molecule has 0 amide bonds. The zero-order chi connectivity index (χ0) is 16.1. The summed E-state index contributed by atoms with van der Waals surface area (Å²) in [4.78, 5) is 20.0. The van der Waals surface area contributed by atoms with E-state index in [1.165, 1.54) is 0 Å². The average molecular weight is 320 g/mol. The molecule has 0 aliphatic heterocycles. The molecule has 0 radical (unpaired) electrons. The Morgan fingerprint density at radius 3 is 2.50 bits per heavy atom. The summed E-state index contributed by atoms with van der Waals surface area (Å²) in [6.45, 7) is 5.95. The number of nitrogens with one attached hydrogen (secondary N) is 1. The summed E-state index contributed by atoms with van der Waals surface area (Å²) in [7, 11) is 0. The number of aromatic nitrogens is 2. The van der Waals surface area contributed by atoms with Crippen LogP contribution in [0, 0.1) is 13.8 Å². The fraction of sp³-hybridized carbons (Fsp3) is 0.312. The number of anilines is 2. The zero-order valence-electron chi connectivity index (χ0n) is 12.8. The maximum absolute atomic E-state index is 11.4. The minimum Gasteiger partial charge on any atom is -0.466 e. The van der Waals surface area contributed by atoms with Gasteiger partial charge in [0.2, 0.25) is 5.95 Å². The van der Waals surface area contributed by atoms with E-state index in [1.807, 2.05) is 38.1 Å². The van der Waals surface area contributed by atoms with Crippen LogP contribution in [-0.4, -0.2) is 22.5 Å². The third kappa shape index (κ3) is 4.18. The number of nitrogens with zero attached hydrogens (tertiary/aromatic N) is 2. The van der Waals surface area contributed by atoms with Crippen LogP contribution in [0.25, 0.3) is 0 Å². The average Bonchev–Trinajstić information content (AvgIpc) is 2.47. The molecule has 5 nitrogen and oxygen atoms in total. The van der Waals surface area contributed by atoms with Gasteiger partial charge in [0.25, 0.3) is 0 Å². The smallest absolute Gasteiger partial charge is 0.310 e. The molecule has 0 fully saturated rings. The fourth-order valence-corrected chi connectivity index (χ4v) is 2.08. The highest BCUT2D eigenvalue weighted by molar-refractivity contribution is 6.30. The van der Waals surface area contributed by atoms with Gasteiger partial charge in [0.15, 0.2) is 0 Å². The van der Waals surface area contributed by atoms with Gasteiger partial charge in [-0.2, -0.15) is 0 Å². The van der Waals surface area contributed by atoms with Gasteiger partial charge in [0.05, 0.1) is 13.0 Å². The molecule has 0 spiro atoms. The highest BCUT2D eigenvalue weighted by atomic mass is 35.5. The topological polar surface area (TPSA) is 64.1 Å². The van der Waals surface area contributed by atoms with Crippen molar-refractivity contribution in [1.29, 1.82) is 0 Å². The largest absolute Gasteiger partial charge is 0.466 e. The first kappa shape index (κ1) is 16.2. The van der Waals surface area contributed by atoms with Gasteiger partial charge in [0.1, 0.15) is 5.15 Å². The van der Waals surface area contributed by atoms with E-state index >= 15 is 0 Å². The number of benzene rings is 1. The van der Waals surface area contributed by atoms with Crippen LogP contribution in [0.2, 0.25) is 5.15 Å². The van der Waals surface area contributed by atoms with Crippen molar-refractivity contribution in [3.8, 4) is 0 Å². The third-order valence-electron chi connectivity index (χ3n) is 3.19. The Balaban J connectivity index is 2.07. The first-order valence-corrected chi connectivity index (χ1v) is 7.39. The van der Waals surface area contributed by atoms with Gasteiger partial charge in [-0.3, -0.25) is 4.79 Å². The lowest BCUT2D eigenvalue weighted by atomic mass is 10.1. The number of rotatable bonds is 5. The summed E-state index contributed by atoms with van der Waals surface area (Å²) < 4.78 is 4.92. The normalized spacial score (nSPS) is 10.4. The van der Waals surface area contributed by atoms with E-state index in [2.05, 4.69) is 15.3 Å². The Bertz CT molecular complexity index is 649. The summed E-state index contributed by atoms with van der Waals surface area (Å²) in [6.07, 6.45) is 0.264. The van der Waals surface area contributed by atoms with Crippen LogP contribution in [-0.2, 0) is 16.0 Å². The first-order valence-electron chi connectivity index (χ1n) is 7.02. The van der Waals surface area contributed by atoms with Crippen LogP contribution in [0.15, 0.2) is 24.3 Å². The standard InChI is InChI=1S/C16H18ClN3O2/c1-4-22-14(21)9-12-5-7-13(8-6-12)19-16-18-11(3)10(2)15(17)20-16/h5-8H,4,9H2,1-3H3,(H,18,19,20). The quantitative estimate of drug-likeness (QED) is 0.674. The van der Waals surface area contributed by atoms with E-state index in [0.29, 0.717) is 17.7 Å². The Morgan fingerprint density at radius 2 is 1.91 bits per heavy atom. The van der Waals surface area contributed by atoms with Crippen molar-refractivity contribution in [3.05, 3.63) is 46.2 Å². The summed E-state index contributed by atoms with van der Waals surface area (Å²) in [5.41, 5.74) is 3.42. The molecule has 0 atom stereocenters. The van der Waals surface area contributed by atoms with Crippen LogP contribution in [0.5, 0.6) is 0 Å². The van der Waals surface area contributed by atoms with Crippen molar-refractivity contribution in [2.75, 3.05) is 11.9 Å². The molecule has 0 saturated carbocycles. The summed E-state index contributed by atoms with van der Waals surface area (Å²) in [5, 5.41) is 3.53. The molecule has 6 heteroatoms. The van der Waals surface area contributed by atoms with E-state index < -0.39 is 0 Å². The van der Waals surface area contributed by atoms with Crippen molar-refractivity contribution in [2.45, 2.75) is 27.2 Å². The molecule has 2 aromatic rings. The molecule has 1 aromatic heterocycles. The molecule has 116 valence electrons. The van der Waals surface area contributed by atoms with Gasteiger partial charge in [-0.05, 0) is 38.5 Å². The van der Waals surface area contributed by atoms with Crippen LogP contribution < -0.4 is 5.32 Å². The lowest BCUT2D eigenvalue weighted by Crippen LogP contribution is -2.07. The van der Waals surface area contributed by atoms with Gasteiger partial charge >= 0.3 is 5.97 Å². The second-order valence-electron chi connectivity index (χ2n) is 4.85. The molecule has 0 unspecified atom stereocenters. The minimum atomic E-state index is -0.229. The number of halogens is 1. The van der Waals surface area contributed by atoms with Crippen molar-refractivity contribution in [3.63, 3.8) is 0 Å². The highest BCUT2D eigenvalue weighted by Gasteiger charge is 2.07. The molecule has 2 rings (SSSR count). The number of hydrogen-bond acceptors (Lipinski definition) is 5. The van der Waals surface area contributed by atoms with Crippen LogP contribution in [0.1, 0.15) is 23.7 Å². The summed E-state index contributed by atoms with van der Waals surface area (Å²) in [6, 6.07) is 7.45. The lowest BCUT2D eigenvalue weighted by Gasteiger charge is -2.09. The maximum atomic E-state index is 11.4. The Kier molecular flexibility index (Phi) is 5.33. The van der Waals surface area contributed by atoms with Crippen molar-refractivity contribution in [1.82, 2.24) is 9.97 Å². The van der Waals surface area contributed by atoms with E-state index in [4.69, 9.17) is 16.3 Å². The van der Waals surface area contributed by atoms with Crippen molar-refractivity contribution in [2.24, 2.45) is 0 Å². The highest BCUT2D eigenvalue weighted by Crippen LogP contribution is 2.20. The second kappa shape index (κ2) is 7.22. The molecule has 1 N–H and O–H groups in total. The molecule has 0 aliphatic carbocycles. The molecule has 1 heterocycles. The number of esters is 1. The predicted octanol–water partition coefficient (Wildman–Crippen LogP) is 3.60. The van der Waals surface area contributed by atoms with Crippen LogP contribution >= 0.6 is 11.6 Å². The first-order chi connectivity index (χ1) is 10.5. The second-order valence-corrected chi connectivity index (χ2v) is 5.21. The van der Waals surface area contributed by atoms with Gasteiger partial charge < -0.3 is 10.1 Å². The molecular weight excluding hydrogens is 302 g/mol. The number of ether oxygens (including phenoxy) is 1. The van der Waals surface area contributed by atoms with Crippen LogP contribution in [0.3, 0.4) is 0 Å². The number of aryl methyl sites for hydroxylation is 1. The van der Waals surface area contributed by atoms with Crippen molar-refractivity contribution < 1.29 is 9.53 Å². The van der Waals surface area contributed by atoms with Gasteiger partial charge in [-0.15, -0.1) is 0 Å². The maximum Gasteiger partial charge on any atom is 0.310 e. The number of hydrogen-bond donors (Lipinski definition) is 1. The lowest BCUT2D eigenvalue weighted by molar-refractivity contribution is -0.142. The monoisotopic (exact) mass is 319 g/mol. The van der Waals surface area contributed by atoms with Gasteiger partial charge in [-0.1, -0.05) is 23.7 Å². The number of carbonyl (C=O) groups excluding carboxylic acids is 1. The SMILES string of the molecule is CCOC(=O)Cc1ccc(Nc2nc(C)c(C)c(Cl)n2)cc1. The zero-order valence-corrected chi connectivity index (χ0v) is 13.6. The van der Waals surface area contributed by atoms with E-state index in [1.54, 1.807) is 6.92 Å². The summed E-state index contributed by atoms with van der Waals surface area (Å²) >= 11 is 6.06. The van der Waals surface area contributed by atoms with Gasteiger partial charge in [0, 0.05) is 16.9 Å². The number of carbonyl (C=O) groups is 1. The van der Waals surface area contributed by atoms with Crippen molar-refractivity contribution >= 4 is 29.2 Å². The molecule has 0 saturated heterocycles. The Hall–Kier alpha value is -2.14. The third-order valence-corrected chi connectivity index (χ3v) is 3.56. The fourth-order valence-electron chi connectivity index (χ4n) is 1.86. The van der Waals surface area contributed by atoms with E-state index in [-0.39, 0.29) is 12.4 Å². The van der Waals surface area contributed by atoms with E-state index in [0.717, 1.165) is 22.5 Å². The Labute approximate surface area is 134 Å². The van der Waals surface area contributed by atoms with Crippen LogP contribution in [0.4, 0.5) is 11.6 Å². The summed E-state index contributed by atoms with van der Waals surface area (Å²) in [5.74, 6) is 0.221. The molecule has 0 aliphatic rings.